The van der Waals surface area contributed by atoms with Crippen molar-refractivity contribution >= 4 is 10.0 Å². The molecule has 2 heterocycles. The summed E-state index contributed by atoms with van der Waals surface area (Å²) in [6.07, 6.45) is 3.12. The summed E-state index contributed by atoms with van der Waals surface area (Å²) in [4.78, 5) is 0. The maximum absolute atomic E-state index is 11.1. The minimum absolute atomic E-state index is 0.207. The number of aryl methyl sites for hydroxylation is 1. The first kappa shape index (κ1) is 9.67. The molecule has 0 spiro atoms. The van der Waals surface area contributed by atoms with E-state index in [2.05, 4.69) is 5.10 Å². The summed E-state index contributed by atoms with van der Waals surface area (Å²) in [7, 11) is -3.01. The van der Waals surface area contributed by atoms with Crippen molar-refractivity contribution in [2.24, 2.45) is 0 Å². The molecule has 78 valence electrons. The molecule has 0 bridgehead atoms. The molecule has 0 radical (unpaired) electrons. The Bertz CT molecular complexity index is 431. The second-order valence-corrected chi connectivity index (χ2v) is 5.65. The highest BCUT2D eigenvalue weighted by Crippen LogP contribution is 2.22. The average Bonchev–Trinajstić information content (AvgIpc) is 2.28. The molecule has 5 nitrogen and oxygen atoms in total. The van der Waals surface area contributed by atoms with Gasteiger partial charge in [0.15, 0.2) is 0 Å². The lowest BCUT2D eigenvalue weighted by Gasteiger charge is -2.37. The Morgan fingerprint density at radius 2 is 2.14 bits per heavy atom. The molecule has 14 heavy (non-hydrogen) atoms. The smallest absolute Gasteiger partial charge is 0.211 e. The molecule has 0 aliphatic carbocycles. The van der Waals surface area contributed by atoms with Crippen molar-refractivity contribution in [3.8, 4) is 0 Å². The normalized spacial score (nSPS) is 19.6. The van der Waals surface area contributed by atoms with E-state index < -0.39 is 10.0 Å². The van der Waals surface area contributed by atoms with Gasteiger partial charge < -0.3 is 0 Å². The van der Waals surface area contributed by atoms with Crippen LogP contribution in [-0.4, -0.2) is 41.8 Å². The zero-order valence-electron chi connectivity index (χ0n) is 8.21. The molecule has 0 atom stereocenters. The predicted octanol–water partition coefficient (Wildman–Crippen LogP) is 0.00782. The van der Waals surface area contributed by atoms with Crippen LogP contribution in [0.15, 0.2) is 12.3 Å². The molecule has 1 aliphatic heterocycles. The maximum Gasteiger partial charge on any atom is 0.211 e. The number of hydrogen-bond acceptors (Lipinski definition) is 3. The molecular weight excluding hydrogens is 202 g/mol. The molecule has 1 aromatic heterocycles. The Balaban J connectivity index is 2.02. The second-order valence-electron chi connectivity index (χ2n) is 3.67. The van der Waals surface area contributed by atoms with Crippen LogP contribution in [0.4, 0.5) is 0 Å². The van der Waals surface area contributed by atoms with Crippen LogP contribution in [0.5, 0.6) is 0 Å². The topological polar surface area (TPSA) is 55.2 Å². The Kier molecular flexibility index (Phi) is 2.11. The average molecular weight is 215 g/mol. The highest BCUT2D eigenvalue weighted by atomic mass is 32.2. The Morgan fingerprint density at radius 3 is 2.57 bits per heavy atom. The zero-order chi connectivity index (χ0) is 10.3. The predicted molar refractivity (Wildman–Crippen MR) is 52.4 cm³/mol. The van der Waals surface area contributed by atoms with Crippen molar-refractivity contribution in [1.82, 2.24) is 14.1 Å². The number of rotatable bonds is 2. The van der Waals surface area contributed by atoms with Gasteiger partial charge in [0.05, 0.1) is 18.0 Å². The van der Waals surface area contributed by atoms with Crippen molar-refractivity contribution in [3.05, 3.63) is 18.0 Å². The fourth-order valence-corrected chi connectivity index (χ4v) is 2.38. The molecule has 2 rings (SSSR count). The van der Waals surface area contributed by atoms with Gasteiger partial charge in [-0.2, -0.15) is 9.40 Å². The van der Waals surface area contributed by atoms with Gasteiger partial charge in [0.1, 0.15) is 0 Å². The molecule has 0 N–H and O–H groups in total. The van der Waals surface area contributed by atoms with Gasteiger partial charge in [-0.05, 0) is 13.0 Å². The van der Waals surface area contributed by atoms with Crippen molar-refractivity contribution in [3.63, 3.8) is 0 Å². The molecule has 1 aliphatic rings. The minimum atomic E-state index is -3.01. The van der Waals surface area contributed by atoms with E-state index >= 15 is 0 Å². The van der Waals surface area contributed by atoms with Crippen LogP contribution in [-0.2, 0) is 10.0 Å². The summed E-state index contributed by atoms with van der Waals surface area (Å²) in [5, 5.41) is 4.24. The summed E-state index contributed by atoms with van der Waals surface area (Å²) in [6.45, 7) is 3.00. The van der Waals surface area contributed by atoms with Gasteiger partial charge in [0.25, 0.3) is 0 Å². The molecule has 0 unspecified atom stereocenters. The first-order valence-corrected chi connectivity index (χ1v) is 6.28. The first-order chi connectivity index (χ1) is 6.47. The van der Waals surface area contributed by atoms with Gasteiger partial charge >= 0.3 is 0 Å². The van der Waals surface area contributed by atoms with E-state index in [9.17, 15) is 8.42 Å². The van der Waals surface area contributed by atoms with Crippen LogP contribution < -0.4 is 0 Å². The van der Waals surface area contributed by atoms with Crippen molar-refractivity contribution < 1.29 is 8.42 Å². The third-order valence-electron chi connectivity index (χ3n) is 2.41. The number of sulfonamides is 1. The highest BCUT2D eigenvalue weighted by Gasteiger charge is 2.34. The Labute approximate surface area is 83.4 Å². The van der Waals surface area contributed by atoms with Crippen LogP contribution >= 0.6 is 0 Å². The molecule has 0 aromatic carbocycles. The molecule has 1 aromatic rings. The van der Waals surface area contributed by atoms with Crippen molar-refractivity contribution in [2.45, 2.75) is 13.0 Å². The summed E-state index contributed by atoms with van der Waals surface area (Å²) in [6, 6.07) is 2.13. The van der Waals surface area contributed by atoms with Gasteiger partial charge in [0, 0.05) is 19.3 Å². The molecule has 1 saturated heterocycles. The zero-order valence-corrected chi connectivity index (χ0v) is 9.03. The van der Waals surface area contributed by atoms with E-state index in [1.807, 2.05) is 23.9 Å². The minimum Gasteiger partial charge on any atom is -0.267 e. The highest BCUT2D eigenvalue weighted by molar-refractivity contribution is 7.88. The van der Waals surface area contributed by atoms with E-state index in [4.69, 9.17) is 0 Å². The third-order valence-corrected chi connectivity index (χ3v) is 3.65. The van der Waals surface area contributed by atoms with Gasteiger partial charge in [-0.3, -0.25) is 4.68 Å². The lowest BCUT2D eigenvalue weighted by atomic mass is 10.2. The van der Waals surface area contributed by atoms with Gasteiger partial charge in [-0.25, -0.2) is 8.42 Å². The van der Waals surface area contributed by atoms with Crippen molar-refractivity contribution in [2.75, 3.05) is 19.3 Å². The molecule has 0 amide bonds. The van der Waals surface area contributed by atoms with Crippen LogP contribution in [0.3, 0.4) is 0 Å². The van der Waals surface area contributed by atoms with Crippen LogP contribution in [0, 0.1) is 6.92 Å². The van der Waals surface area contributed by atoms with Gasteiger partial charge in [0.2, 0.25) is 10.0 Å². The lowest BCUT2D eigenvalue weighted by Crippen LogP contribution is -2.50. The second kappa shape index (κ2) is 3.06. The van der Waals surface area contributed by atoms with Crippen LogP contribution in [0.1, 0.15) is 11.7 Å². The standard InChI is InChI=1S/C8H13N3O2S/c1-7-3-4-11(9-7)8-5-10(6-8)14(2,12)13/h3-4,8H,5-6H2,1-2H3. The number of aromatic nitrogens is 2. The lowest BCUT2D eigenvalue weighted by molar-refractivity contribution is 0.192. The summed E-state index contributed by atoms with van der Waals surface area (Å²) >= 11 is 0. The molecule has 6 heteroatoms. The van der Waals surface area contributed by atoms with E-state index in [-0.39, 0.29) is 6.04 Å². The SMILES string of the molecule is Cc1ccn(C2CN(S(C)(=O)=O)C2)n1. The fraction of sp³-hybridized carbons (Fsp3) is 0.625. The number of nitrogens with zero attached hydrogens (tertiary/aromatic N) is 3. The molecular formula is C8H13N3O2S. The molecule has 1 fully saturated rings. The maximum atomic E-state index is 11.1. The van der Waals surface area contributed by atoms with E-state index in [0.29, 0.717) is 13.1 Å². The summed E-state index contributed by atoms with van der Waals surface area (Å²) in [5.41, 5.74) is 0.961. The van der Waals surface area contributed by atoms with Crippen LogP contribution in [0.2, 0.25) is 0 Å². The Hall–Kier alpha value is -0.880. The summed E-state index contributed by atoms with van der Waals surface area (Å²) < 4.78 is 25.5. The van der Waals surface area contributed by atoms with Crippen LogP contribution in [0.25, 0.3) is 0 Å². The quantitative estimate of drug-likeness (QED) is 0.698. The first-order valence-electron chi connectivity index (χ1n) is 4.44. The van der Waals surface area contributed by atoms with Crippen molar-refractivity contribution in [1.29, 1.82) is 0 Å². The largest absolute Gasteiger partial charge is 0.267 e. The van der Waals surface area contributed by atoms with E-state index in [0.717, 1.165) is 5.69 Å². The van der Waals surface area contributed by atoms with Gasteiger partial charge in [-0.1, -0.05) is 0 Å². The van der Waals surface area contributed by atoms with Gasteiger partial charge in [-0.15, -0.1) is 0 Å². The fourth-order valence-electron chi connectivity index (χ4n) is 1.49. The van der Waals surface area contributed by atoms with E-state index in [1.54, 1.807) is 0 Å². The summed E-state index contributed by atoms with van der Waals surface area (Å²) in [5.74, 6) is 0. The monoisotopic (exact) mass is 215 g/mol. The number of hydrogen-bond donors (Lipinski definition) is 0. The third kappa shape index (κ3) is 1.67. The van der Waals surface area contributed by atoms with E-state index in [1.165, 1.54) is 10.6 Å². The Morgan fingerprint density at radius 1 is 1.50 bits per heavy atom. The molecule has 0 saturated carbocycles.